The Hall–Kier alpha value is -0.890. The maximum atomic E-state index is 5.48. The molecule has 0 amide bonds. The summed E-state index contributed by atoms with van der Waals surface area (Å²) in [4.78, 5) is 0. The minimum Gasteiger partial charge on any atom is -0.486 e. The summed E-state index contributed by atoms with van der Waals surface area (Å²) < 4.78 is 5.48. The highest BCUT2D eigenvalue weighted by Crippen LogP contribution is 2.29. The quantitative estimate of drug-likeness (QED) is 0.718. The predicted octanol–water partition coefficient (Wildman–Crippen LogP) is 3.72. The Morgan fingerprint density at radius 3 is 2.33 bits per heavy atom. The molecule has 0 aliphatic carbocycles. The van der Waals surface area contributed by atoms with Gasteiger partial charge in [0.2, 0.25) is 0 Å². The lowest BCUT2D eigenvalue weighted by atomic mass is 9.81. The third-order valence-electron chi connectivity index (χ3n) is 2.84. The second kappa shape index (κ2) is 5.26. The first-order chi connectivity index (χ1) is 7.15. The van der Waals surface area contributed by atoms with Crippen LogP contribution in [0.5, 0.6) is 0 Å². The van der Waals surface area contributed by atoms with Gasteiger partial charge in [-0.2, -0.15) is 0 Å². The molecule has 0 aliphatic heterocycles. The highest BCUT2D eigenvalue weighted by molar-refractivity contribution is 7.80. The first-order valence-corrected chi connectivity index (χ1v) is 5.78. The topological polar surface area (TPSA) is 9.23 Å². The molecule has 0 saturated heterocycles. The Morgan fingerprint density at radius 1 is 1.27 bits per heavy atom. The molecule has 0 radical (unpaired) electrons. The van der Waals surface area contributed by atoms with Gasteiger partial charge in [0.25, 0.3) is 0 Å². The zero-order valence-electron chi connectivity index (χ0n) is 9.62. The molecule has 0 spiro atoms. The average Bonchev–Trinajstić information content (AvgIpc) is 2.29. The first-order valence-electron chi connectivity index (χ1n) is 5.38. The average molecular weight is 222 g/mol. The molecule has 1 atom stereocenters. The Bertz CT molecular complexity index is 321. The molecule has 0 fully saturated rings. The summed E-state index contributed by atoms with van der Waals surface area (Å²) in [6, 6.07) is 10.3. The van der Waals surface area contributed by atoms with E-state index in [1.54, 1.807) is 0 Å². The van der Waals surface area contributed by atoms with E-state index in [1.165, 1.54) is 5.56 Å². The van der Waals surface area contributed by atoms with Crippen LogP contribution in [-0.2, 0) is 10.2 Å². The van der Waals surface area contributed by atoms with Gasteiger partial charge in [-0.15, -0.1) is 0 Å². The standard InChI is InChI=1S/C13H18OS/c1-4-13(3,12(15)14-5-2)11-9-7-6-8-10-11/h6-10H,4-5H2,1-3H3. The van der Waals surface area contributed by atoms with Crippen LogP contribution in [0.3, 0.4) is 0 Å². The van der Waals surface area contributed by atoms with Crippen molar-refractivity contribution in [1.29, 1.82) is 0 Å². The smallest absolute Gasteiger partial charge is 0.169 e. The van der Waals surface area contributed by atoms with Gasteiger partial charge in [0.05, 0.1) is 12.0 Å². The van der Waals surface area contributed by atoms with Crippen molar-refractivity contribution in [3.05, 3.63) is 35.9 Å². The van der Waals surface area contributed by atoms with Gasteiger partial charge in [-0.1, -0.05) is 37.3 Å². The van der Waals surface area contributed by atoms with Gasteiger partial charge in [-0.3, -0.25) is 0 Å². The third kappa shape index (κ3) is 2.57. The van der Waals surface area contributed by atoms with E-state index in [-0.39, 0.29) is 5.41 Å². The van der Waals surface area contributed by atoms with E-state index >= 15 is 0 Å². The molecule has 0 saturated carbocycles. The maximum absolute atomic E-state index is 5.48. The molecule has 0 heterocycles. The number of thiocarbonyl (C=S) groups is 1. The van der Waals surface area contributed by atoms with E-state index in [4.69, 9.17) is 17.0 Å². The number of rotatable bonds is 4. The highest BCUT2D eigenvalue weighted by Gasteiger charge is 2.30. The summed E-state index contributed by atoms with van der Waals surface area (Å²) in [6.07, 6.45) is 0.954. The fraction of sp³-hybridized carbons (Fsp3) is 0.462. The van der Waals surface area contributed by atoms with Crippen LogP contribution in [0.15, 0.2) is 30.3 Å². The van der Waals surface area contributed by atoms with E-state index in [1.807, 2.05) is 25.1 Å². The number of hydrogen-bond donors (Lipinski definition) is 0. The number of ether oxygens (including phenoxy) is 1. The number of benzene rings is 1. The van der Waals surface area contributed by atoms with Crippen LogP contribution in [0, 0.1) is 0 Å². The van der Waals surface area contributed by atoms with Gasteiger partial charge in [0.1, 0.15) is 0 Å². The van der Waals surface area contributed by atoms with E-state index in [0.717, 1.165) is 6.42 Å². The maximum Gasteiger partial charge on any atom is 0.169 e. The van der Waals surface area contributed by atoms with Crippen molar-refractivity contribution < 1.29 is 4.74 Å². The lowest BCUT2D eigenvalue weighted by Gasteiger charge is -2.29. The minimum atomic E-state index is -0.146. The number of hydrogen-bond acceptors (Lipinski definition) is 2. The molecule has 1 unspecified atom stereocenters. The van der Waals surface area contributed by atoms with E-state index in [2.05, 4.69) is 26.0 Å². The molecule has 2 heteroatoms. The summed E-state index contributed by atoms with van der Waals surface area (Å²) in [7, 11) is 0. The van der Waals surface area contributed by atoms with Crippen molar-refractivity contribution in [2.75, 3.05) is 6.61 Å². The molecular formula is C13H18OS. The lowest BCUT2D eigenvalue weighted by Crippen LogP contribution is -2.32. The van der Waals surface area contributed by atoms with Crippen LogP contribution in [0.1, 0.15) is 32.8 Å². The summed E-state index contributed by atoms with van der Waals surface area (Å²) in [5, 5.41) is 0.693. The van der Waals surface area contributed by atoms with E-state index < -0.39 is 0 Å². The third-order valence-corrected chi connectivity index (χ3v) is 3.41. The Kier molecular flexibility index (Phi) is 4.28. The van der Waals surface area contributed by atoms with Crippen molar-refractivity contribution in [2.24, 2.45) is 0 Å². The van der Waals surface area contributed by atoms with Crippen LogP contribution < -0.4 is 0 Å². The molecule has 1 rings (SSSR count). The molecule has 1 nitrogen and oxygen atoms in total. The summed E-state index contributed by atoms with van der Waals surface area (Å²) in [5.41, 5.74) is 1.08. The monoisotopic (exact) mass is 222 g/mol. The van der Waals surface area contributed by atoms with Gasteiger partial charge >= 0.3 is 0 Å². The second-order valence-corrected chi connectivity index (χ2v) is 4.14. The van der Waals surface area contributed by atoms with Crippen molar-refractivity contribution >= 4 is 17.3 Å². The van der Waals surface area contributed by atoms with Crippen LogP contribution in [0.25, 0.3) is 0 Å². The van der Waals surface area contributed by atoms with Crippen LogP contribution in [-0.4, -0.2) is 11.7 Å². The Morgan fingerprint density at radius 2 is 1.87 bits per heavy atom. The molecular weight excluding hydrogens is 204 g/mol. The molecule has 0 N–H and O–H groups in total. The van der Waals surface area contributed by atoms with E-state index in [0.29, 0.717) is 11.7 Å². The van der Waals surface area contributed by atoms with Gasteiger partial charge in [0.15, 0.2) is 5.05 Å². The molecule has 0 bridgehead atoms. The van der Waals surface area contributed by atoms with Gasteiger partial charge < -0.3 is 4.74 Å². The first kappa shape index (κ1) is 12.2. The summed E-state index contributed by atoms with van der Waals surface area (Å²) in [5.74, 6) is 0. The Labute approximate surface area is 97.5 Å². The van der Waals surface area contributed by atoms with Gasteiger partial charge in [-0.25, -0.2) is 0 Å². The van der Waals surface area contributed by atoms with Crippen LogP contribution in [0.4, 0.5) is 0 Å². The van der Waals surface area contributed by atoms with Crippen molar-refractivity contribution in [3.8, 4) is 0 Å². The molecule has 0 aromatic heterocycles. The normalized spacial score (nSPS) is 14.3. The largest absolute Gasteiger partial charge is 0.486 e. The zero-order chi connectivity index (χ0) is 11.3. The molecule has 1 aromatic carbocycles. The van der Waals surface area contributed by atoms with Crippen molar-refractivity contribution in [3.63, 3.8) is 0 Å². The summed E-state index contributed by atoms with van der Waals surface area (Å²) >= 11 is 5.35. The van der Waals surface area contributed by atoms with Crippen LogP contribution in [0.2, 0.25) is 0 Å². The van der Waals surface area contributed by atoms with E-state index in [9.17, 15) is 0 Å². The minimum absolute atomic E-state index is 0.146. The Balaban J connectivity index is 3.00. The molecule has 1 aromatic rings. The SMILES string of the molecule is CCOC(=S)C(C)(CC)c1ccccc1. The fourth-order valence-electron chi connectivity index (χ4n) is 1.56. The molecule has 15 heavy (non-hydrogen) atoms. The second-order valence-electron chi connectivity index (χ2n) is 3.77. The molecule has 82 valence electrons. The highest BCUT2D eigenvalue weighted by atomic mass is 32.1. The lowest BCUT2D eigenvalue weighted by molar-refractivity contribution is 0.300. The zero-order valence-corrected chi connectivity index (χ0v) is 10.4. The van der Waals surface area contributed by atoms with Crippen molar-refractivity contribution in [2.45, 2.75) is 32.6 Å². The van der Waals surface area contributed by atoms with Gasteiger partial charge in [-0.05, 0) is 38.0 Å². The van der Waals surface area contributed by atoms with Gasteiger partial charge in [0, 0.05) is 0 Å². The fourth-order valence-corrected chi connectivity index (χ4v) is 1.94. The van der Waals surface area contributed by atoms with Crippen molar-refractivity contribution in [1.82, 2.24) is 0 Å². The predicted molar refractivity (Wildman–Crippen MR) is 68.3 cm³/mol. The van der Waals surface area contributed by atoms with Crippen LogP contribution >= 0.6 is 12.2 Å². The molecule has 0 aliphatic rings. The summed E-state index contributed by atoms with van der Waals surface area (Å²) in [6.45, 7) is 6.88.